The van der Waals surface area contributed by atoms with Crippen LogP contribution in [-0.2, 0) is 0 Å². The Labute approximate surface area is 174 Å². The normalized spacial score (nSPS) is 21.9. The number of hydrogen-bond acceptors (Lipinski definition) is 5. The van der Waals surface area contributed by atoms with E-state index in [-0.39, 0.29) is 6.04 Å². The maximum atomic E-state index is 6.27. The van der Waals surface area contributed by atoms with Gasteiger partial charge in [-0.05, 0) is 56.6 Å². The van der Waals surface area contributed by atoms with E-state index in [0.29, 0.717) is 17.8 Å². The average molecular weight is 397 g/mol. The molecule has 0 aromatic carbocycles. The van der Waals surface area contributed by atoms with Crippen LogP contribution in [0.5, 0.6) is 0 Å². The first-order chi connectivity index (χ1) is 14.0. The summed E-state index contributed by atoms with van der Waals surface area (Å²) in [6, 6.07) is 3.10. The van der Waals surface area contributed by atoms with Gasteiger partial charge in [-0.2, -0.15) is 5.10 Å². The molecule has 0 spiro atoms. The first-order valence-electron chi connectivity index (χ1n) is 11.1. The Morgan fingerprint density at radius 2 is 2.24 bits per heavy atom. The number of nitrogens with two attached hydrogens (primary N) is 1. The van der Waals surface area contributed by atoms with Crippen molar-refractivity contribution in [2.24, 2.45) is 10.9 Å². The van der Waals surface area contributed by atoms with Crippen molar-refractivity contribution in [2.45, 2.75) is 84.7 Å². The third-order valence-electron chi connectivity index (χ3n) is 6.03. The van der Waals surface area contributed by atoms with Crippen molar-refractivity contribution < 1.29 is 0 Å². The Morgan fingerprint density at radius 1 is 1.41 bits per heavy atom. The van der Waals surface area contributed by atoms with Gasteiger partial charge in [0.15, 0.2) is 5.82 Å². The molecule has 0 amide bonds. The lowest BCUT2D eigenvalue weighted by Gasteiger charge is -2.31. The molecule has 3 rings (SSSR count). The minimum absolute atomic E-state index is 0.289. The lowest BCUT2D eigenvalue weighted by molar-refractivity contribution is 0.301. The van der Waals surface area contributed by atoms with Gasteiger partial charge >= 0.3 is 0 Å². The molecule has 3 atom stereocenters. The lowest BCUT2D eigenvalue weighted by atomic mass is 9.93. The summed E-state index contributed by atoms with van der Waals surface area (Å²) in [5, 5.41) is 8.41. The molecule has 0 aliphatic carbocycles. The monoisotopic (exact) mass is 396 g/mol. The number of unbranched alkanes of at least 4 members (excludes halogenated alkanes) is 1. The summed E-state index contributed by atoms with van der Waals surface area (Å²) in [7, 11) is 0. The smallest absolute Gasteiger partial charge is 0.151 e. The van der Waals surface area contributed by atoms with Crippen molar-refractivity contribution in [1.82, 2.24) is 19.9 Å². The lowest BCUT2D eigenvalue weighted by Crippen LogP contribution is -2.37. The molecular formula is C23H36N6. The molecule has 1 saturated heterocycles. The van der Waals surface area contributed by atoms with Gasteiger partial charge in [-0.3, -0.25) is 4.99 Å². The number of hydrogen-bond donors (Lipinski definition) is 2. The molecule has 0 saturated carbocycles. The molecule has 6 heteroatoms. The Morgan fingerprint density at radius 3 is 3.00 bits per heavy atom. The van der Waals surface area contributed by atoms with Gasteiger partial charge in [0.1, 0.15) is 11.8 Å². The second-order valence-corrected chi connectivity index (χ2v) is 8.37. The quantitative estimate of drug-likeness (QED) is 0.604. The predicted octanol–water partition coefficient (Wildman–Crippen LogP) is 5.16. The van der Waals surface area contributed by atoms with Gasteiger partial charge in [0.25, 0.3) is 0 Å². The van der Waals surface area contributed by atoms with Crippen LogP contribution in [0.1, 0.15) is 89.9 Å². The minimum Gasteiger partial charge on any atom is -0.382 e. The van der Waals surface area contributed by atoms with Gasteiger partial charge < -0.3 is 11.1 Å². The average Bonchev–Trinajstić information content (AvgIpc) is 3.13. The zero-order valence-electron chi connectivity index (χ0n) is 18.4. The summed E-state index contributed by atoms with van der Waals surface area (Å²) >= 11 is 0. The Kier molecular flexibility index (Phi) is 7.42. The van der Waals surface area contributed by atoms with Crippen LogP contribution in [0.2, 0.25) is 0 Å². The predicted molar refractivity (Wildman–Crippen MR) is 122 cm³/mol. The SMILES string of the molecule is CCCCC1CCCC(c2cc(/C(C)=C/N=CC(C)CC)c3c(N)ncnn23)N1. The van der Waals surface area contributed by atoms with Crippen LogP contribution >= 0.6 is 0 Å². The standard InChI is InChI=1S/C23H36N6/c1-5-7-9-18-10-8-11-20(28-18)21-12-19(17(4)14-25-13-16(3)6-2)22-23(24)26-15-27-29(21)22/h12-16,18,20,28H,5-11H2,1-4H3,(H2,24,26,27)/b17-14+,25-13?. The van der Waals surface area contributed by atoms with E-state index in [0.717, 1.165) is 29.5 Å². The molecule has 158 valence electrons. The maximum absolute atomic E-state index is 6.27. The van der Waals surface area contributed by atoms with Gasteiger partial charge in [-0.25, -0.2) is 9.50 Å². The first-order valence-corrected chi connectivity index (χ1v) is 11.1. The van der Waals surface area contributed by atoms with Gasteiger partial charge in [0, 0.05) is 30.1 Å². The van der Waals surface area contributed by atoms with E-state index in [2.05, 4.69) is 54.2 Å². The molecule has 6 nitrogen and oxygen atoms in total. The molecule has 1 aliphatic heterocycles. The highest BCUT2D eigenvalue weighted by Crippen LogP contribution is 2.33. The molecular weight excluding hydrogens is 360 g/mol. The number of aliphatic imine (C=N–C) groups is 1. The van der Waals surface area contributed by atoms with E-state index in [1.165, 1.54) is 37.8 Å². The van der Waals surface area contributed by atoms with Gasteiger partial charge in [0.05, 0.1) is 5.69 Å². The van der Waals surface area contributed by atoms with Crippen molar-refractivity contribution in [2.75, 3.05) is 5.73 Å². The highest BCUT2D eigenvalue weighted by atomic mass is 15.3. The summed E-state index contributed by atoms with van der Waals surface area (Å²) in [5.41, 5.74) is 10.5. The van der Waals surface area contributed by atoms with Gasteiger partial charge in [-0.15, -0.1) is 0 Å². The third kappa shape index (κ3) is 5.04. The van der Waals surface area contributed by atoms with Crippen LogP contribution in [0, 0.1) is 5.92 Å². The second-order valence-electron chi connectivity index (χ2n) is 8.37. The Balaban J connectivity index is 1.94. The fraction of sp³-hybridized carbons (Fsp3) is 0.609. The van der Waals surface area contributed by atoms with Crippen LogP contribution in [0.4, 0.5) is 5.82 Å². The number of nitrogens with zero attached hydrogens (tertiary/aromatic N) is 4. The Hall–Kier alpha value is -2.21. The van der Waals surface area contributed by atoms with E-state index in [1.807, 2.05) is 16.9 Å². The molecule has 2 aromatic heterocycles. The zero-order valence-corrected chi connectivity index (χ0v) is 18.4. The summed E-state index contributed by atoms with van der Waals surface area (Å²) in [4.78, 5) is 8.77. The molecule has 2 aromatic rings. The van der Waals surface area contributed by atoms with E-state index < -0.39 is 0 Å². The number of nitrogen functional groups attached to an aromatic ring is 1. The summed E-state index contributed by atoms with van der Waals surface area (Å²) < 4.78 is 1.98. The fourth-order valence-corrected chi connectivity index (χ4v) is 4.05. The van der Waals surface area contributed by atoms with Gasteiger partial charge in [0.2, 0.25) is 0 Å². The highest BCUT2D eigenvalue weighted by Gasteiger charge is 2.26. The summed E-state index contributed by atoms with van der Waals surface area (Å²) in [6.07, 6.45) is 13.9. The molecule has 1 fully saturated rings. The molecule has 3 heterocycles. The fourth-order valence-electron chi connectivity index (χ4n) is 4.05. The van der Waals surface area contributed by atoms with E-state index in [4.69, 9.17) is 5.73 Å². The Bertz CT molecular complexity index is 866. The van der Waals surface area contributed by atoms with Crippen molar-refractivity contribution in [3.63, 3.8) is 0 Å². The van der Waals surface area contributed by atoms with Crippen molar-refractivity contribution in [1.29, 1.82) is 0 Å². The number of piperidine rings is 1. The van der Waals surface area contributed by atoms with Crippen LogP contribution in [0.15, 0.2) is 23.6 Å². The van der Waals surface area contributed by atoms with Crippen LogP contribution in [0.25, 0.3) is 11.1 Å². The van der Waals surface area contributed by atoms with Crippen molar-refractivity contribution in [3.8, 4) is 0 Å². The molecule has 29 heavy (non-hydrogen) atoms. The third-order valence-corrected chi connectivity index (χ3v) is 6.03. The van der Waals surface area contributed by atoms with Crippen LogP contribution < -0.4 is 11.1 Å². The molecule has 1 aliphatic rings. The maximum Gasteiger partial charge on any atom is 0.151 e. The number of allylic oxidation sites excluding steroid dienone is 1. The molecule has 0 bridgehead atoms. The number of rotatable bonds is 8. The number of anilines is 1. The van der Waals surface area contributed by atoms with Crippen LogP contribution in [0.3, 0.4) is 0 Å². The molecule has 0 radical (unpaired) electrons. The van der Waals surface area contributed by atoms with E-state index >= 15 is 0 Å². The van der Waals surface area contributed by atoms with E-state index in [9.17, 15) is 0 Å². The van der Waals surface area contributed by atoms with E-state index in [1.54, 1.807) is 6.33 Å². The van der Waals surface area contributed by atoms with Crippen molar-refractivity contribution in [3.05, 3.63) is 29.9 Å². The highest BCUT2D eigenvalue weighted by molar-refractivity contribution is 5.85. The summed E-state index contributed by atoms with van der Waals surface area (Å²) in [6.45, 7) is 8.68. The number of aromatic nitrogens is 3. The summed E-state index contributed by atoms with van der Waals surface area (Å²) in [5.74, 6) is 0.985. The topological polar surface area (TPSA) is 80.6 Å². The largest absolute Gasteiger partial charge is 0.382 e. The number of fused-ring (bicyclic) bond motifs is 1. The van der Waals surface area contributed by atoms with Crippen LogP contribution in [-0.4, -0.2) is 26.9 Å². The second kappa shape index (κ2) is 10.0. The first kappa shape index (κ1) is 21.5. The molecule has 3 unspecified atom stereocenters. The van der Waals surface area contributed by atoms with Crippen molar-refractivity contribution >= 4 is 23.1 Å². The zero-order chi connectivity index (χ0) is 20.8. The molecule has 3 N–H and O–H groups in total. The van der Waals surface area contributed by atoms with Gasteiger partial charge in [-0.1, -0.05) is 33.6 Å². The minimum atomic E-state index is 0.289. The number of nitrogens with one attached hydrogen (secondary N) is 1.